The normalized spacial score (nSPS) is 21.9. The van der Waals surface area contributed by atoms with Gasteiger partial charge in [-0.3, -0.25) is 4.79 Å². The van der Waals surface area contributed by atoms with Crippen LogP contribution in [0.4, 0.5) is 0 Å². The van der Waals surface area contributed by atoms with Gasteiger partial charge in [0.15, 0.2) is 0 Å². The topological polar surface area (TPSA) is 55.1 Å². The molecule has 2 atom stereocenters. The van der Waals surface area contributed by atoms with E-state index in [1.165, 1.54) is 0 Å². The Morgan fingerprint density at radius 1 is 1.25 bits per heavy atom. The lowest BCUT2D eigenvalue weighted by atomic mass is 9.95. The summed E-state index contributed by atoms with van der Waals surface area (Å²) >= 11 is 11.9. The van der Waals surface area contributed by atoms with Crippen LogP contribution < -0.4 is 11.1 Å². The van der Waals surface area contributed by atoms with Gasteiger partial charge in [-0.25, -0.2) is 0 Å². The number of hydrogen-bond donors (Lipinski definition) is 2. The monoisotopic (exact) mass is 314 g/mol. The molecule has 1 aliphatic carbocycles. The molecule has 0 aliphatic heterocycles. The second-order valence-electron chi connectivity index (χ2n) is 5.35. The summed E-state index contributed by atoms with van der Waals surface area (Å²) in [4.78, 5) is 12.1. The highest BCUT2D eigenvalue weighted by Gasteiger charge is 2.31. The van der Waals surface area contributed by atoms with E-state index >= 15 is 0 Å². The largest absolute Gasteiger partial charge is 0.356 e. The van der Waals surface area contributed by atoms with E-state index in [0.717, 1.165) is 31.2 Å². The Bertz CT molecular complexity index is 459. The second kappa shape index (κ2) is 7.30. The molecule has 1 amide bonds. The molecule has 0 radical (unpaired) electrons. The molecule has 0 spiro atoms. The third kappa shape index (κ3) is 4.11. The third-order valence-corrected chi connectivity index (χ3v) is 4.37. The Morgan fingerprint density at radius 3 is 2.60 bits per heavy atom. The molecule has 0 aromatic heterocycles. The van der Waals surface area contributed by atoms with Crippen molar-refractivity contribution in [2.24, 2.45) is 17.6 Å². The SMILES string of the molecule is NC[C@H]1CCC[C@H]1C(=O)NCCc1cc(Cl)cc(Cl)c1. The summed E-state index contributed by atoms with van der Waals surface area (Å²) in [5.74, 6) is 0.560. The van der Waals surface area contributed by atoms with Crippen LogP contribution in [-0.2, 0) is 11.2 Å². The number of hydrogen-bond acceptors (Lipinski definition) is 2. The molecule has 5 heteroatoms. The maximum Gasteiger partial charge on any atom is 0.223 e. The molecule has 3 N–H and O–H groups in total. The van der Waals surface area contributed by atoms with E-state index in [2.05, 4.69) is 5.32 Å². The standard InChI is InChI=1S/C15H20Cl2N2O/c16-12-6-10(7-13(17)8-12)4-5-19-15(20)14-3-1-2-11(14)9-18/h6-8,11,14H,1-5,9,18H2,(H,19,20)/t11-,14-/m1/s1. The number of rotatable bonds is 5. The number of nitrogens with one attached hydrogen (secondary N) is 1. The molecule has 110 valence electrons. The zero-order valence-corrected chi connectivity index (χ0v) is 12.9. The Balaban J connectivity index is 1.82. The molecule has 0 saturated heterocycles. The first-order chi connectivity index (χ1) is 9.60. The Hall–Kier alpha value is -0.770. The zero-order valence-electron chi connectivity index (χ0n) is 11.4. The fraction of sp³-hybridized carbons (Fsp3) is 0.533. The van der Waals surface area contributed by atoms with Crippen molar-refractivity contribution in [3.8, 4) is 0 Å². The van der Waals surface area contributed by atoms with Crippen LogP contribution in [0.15, 0.2) is 18.2 Å². The number of nitrogens with two attached hydrogens (primary N) is 1. The van der Waals surface area contributed by atoms with Gasteiger partial charge in [-0.05, 0) is 55.5 Å². The summed E-state index contributed by atoms with van der Waals surface area (Å²) in [6, 6.07) is 5.45. The minimum absolute atomic E-state index is 0.0861. The average Bonchev–Trinajstić information content (AvgIpc) is 2.85. The number of carbonyl (C=O) groups is 1. The average molecular weight is 315 g/mol. The van der Waals surface area contributed by atoms with Crippen molar-refractivity contribution in [3.63, 3.8) is 0 Å². The van der Waals surface area contributed by atoms with E-state index in [1.807, 2.05) is 12.1 Å². The fourth-order valence-electron chi connectivity index (χ4n) is 2.88. The summed E-state index contributed by atoms with van der Waals surface area (Å²) in [6.45, 7) is 1.20. The van der Waals surface area contributed by atoms with Crippen LogP contribution in [0.5, 0.6) is 0 Å². The lowest BCUT2D eigenvalue weighted by molar-refractivity contribution is -0.125. The van der Waals surface area contributed by atoms with Crippen LogP contribution in [0.25, 0.3) is 0 Å². The first kappa shape index (κ1) is 15.6. The van der Waals surface area contributed by atoms with Crippen LogP contribution in [0.2, 0.25) is 10.0 Å². The summed E-state index contributed by atoms with van der Waals surface area (Å²) in [5.41, 5.74) is 6.74. The Kier molecular flexibility index (Phi) is 5.70. The Morgan fingerprint density at radius 2 is 1.95 bits per heavy atom. The quantitative estimate of drug-likeness (QED) is 0.877. The number of carbonyl (C=O) groups excluding carboxylic acids is 1. The van der Waals surface area contributed by atoms with Gasteiger partial charge in [0, 0.05) is 22.5 Å². The first-order valence-corrected chi connectivity index (χ1v) is 7.78. The highest BCUT2D eigenvalue weighted by atomic mass is 35.5. The van der Waals surface area contributed by atoms with E-state index < -0.39 is 0 Å². The number of halogens is 2. The molecule has 0 unspecified atom stereocenters. The van der Waals surface area contributed by atoms with Crippen LogP contribution in [0.3, 0.4) is 0 Å². The molecule has 0 bridgehead atoms. The van der Waals surface area contributed by atoms with Gasteiger partial charge in [-0.1, -0.05) is 29.6 Å². The van der Waals surface area contributed by atoms with Crippen molar-refractivity contribution < 1.29 is 4.79 Å². The fourth-order valence-corrected chi connectivity index (χ4v) is 3.45. The molecule has 0 heterocycles. The molecule has 1 aromatic carbocycles. The molecule has 2 rings (SSSR count). The van der Waals surface area contributed by atoms with Gasteiger partial charge in [0.1, 0.15) is 0 Å². The predicted molar refractivity (Wildman–Crippen MR) is 83.1 cm³/mol. The van der Waals surface area contributed by atoms with E-state index in [-0.39, 0.29) is 11.8 Å². The molecule has 1 aliphatic rings. The van der Waals surface area contributed by atoms with Crippen molar-refractivity contribution >= 4 is 29.1 Å². The molecule has 3 nitrogen and oxygen atoms in total. The van der Waals surface area contributed by atoms with Gasteiger partial charge in [-0.15, -0.1) is 0 Å². The zero-order chi connectivity index (χ0) is 14.5. The summed E-state index contributed by atoms with van der Waals surface area (Å²) in [6.07, 6.45) is 3.85. The van der Waals surface area contributed by atoms with Gasteiger partial charge in [-0.2, -0.15) is 0 Å². The summed E-state index contributed by atoms with van der Waals surface area (Å²) < 4.78 is 0. The van der Waals surface area contributed by atoms with Crippen molar-refractivity contribution in [3.05, 3.63) is 33.8 Å². The first-order valence-electron chi connectivity index (χ1n) is 7.03. The van der Waals surface area contributed by atoms with Crippen molar-refractivity contribution in [2.75, 3.05) is 13.1 Å². The summed E-state index contributed by atoms with van der Waals surface area (Å²) in [7, 11) is 0. The molecule has 1 fully saturated rings. The van der Waals surface area contributed by atoms with Crippen LogP contribution in [0.1, 0.15) is 24.8 Å². The predicted octanol–water partition coefficient (Wildman–Crippen LogP) is 3.03. The smallest absolute Gasteiger partial charge is 0.223 e. The van der Waals surface area contributed by atoms with E-state index in [9.17, 15) is 4.79 Å². The van der Waals surface area contributed by atoms with E-state index in [1.54, 1.807) is 6.07 Å². The number of benzene rings is 1. The van der Waals surface area contributed by atoms with E-state index in [4.69, 9.17) is 28.9 Å². The Labute approximate surface area is 129 Å². The van der Waals surface area contributed by atoms with Gasteiger partial charge in [0.25, 0.3) is 0 Å². The minimum Gasteiger partial charge on any atom is -0.356 e. The minimum atomic E-state index is 0.0861. The van der Waals surface area contributed by atoms with Crippen LogP contribution in [0, 0.1) is 11.8 Å². The highest BCUT2D eigenvalue weighted by molar-refractivity contribution is 6.34. The third-order valence-electron chi connectivity index (χ3n) is 3.93. The van der Waals surface area contributed by atoms with Gasteiger partial charge in [0.2, 0.25) is 5.91 Å². The molecule has 1 saturated carbocycles. The lowest BCUT2D eigenvalue weighted by Crippen LogP contribution is -2.36. The van der Waals surface area contributed by atoms with E-state index in [0.29, 0.717) is 29.1 Å². The number of amides is 1. The van der Waals surface area contributed by atoms with Crippen molar-refractivity contribution in [1.82, 2.24) is 5.32 Å². The van der Waals surface area contributed by atoms with Crippen LogP contribution >= 0.6 is 23.2 Å². The van der Waals surface area contributed by atoms with Gasteiger partial charge >= 0.3 is 0 Å². The molecular weight excluding hydrogens is 295 g/mol. The van der Waals surface area contributed by atoms with Gasteiger partial charge in [0.05, 0.1) is 0 Å². The van der Waals surface area contributed by atoms with Crippen LogP contribution in [-0.4, -0.2) is 19.0 Å². The maximum absolute atomic E-state index is 12.1. The molecule has 20 heavy (non-hydrogen) atoms. The second-order valence-corrected chi connectivity index (χ2v) is 6.22. The van der Waals surface area contributed by atoms with Crippen molar-refractivity contribution in [1.29, 1.82) is 0 Å². The highest BCUT2D eigenvalue weighted by Crippen LogP contribution is 2.30. The lowest BCUT2D eigenvalue weighted by Gasteiger charge is -2.17. The van der Waals surface area contributed by atoms with Gasteiger partial charge < -0.3 is 11.1 Å². The van der Waals surface area contributed by atoms with Crippen molar-refractivity contribution in [2.45, 2.75) is 25.7 Å². The summed E-state index contributed by atoms with van der Waals surface area (Å²) in [5, 5.41) is 4.24. The molecular formula is C15H20Cl2N2O. The molecule has 1 aromatic rings. The maximum atomic E-state index is 12.1.